The van der Waals surface area contributed by atoms with Gasteiger partial charge in [-0.05, 0) is 71.4 Å². The van der Waals surface area contributed by atoms with Crippen molar-refractivity contribution in [1.29, 1.82) is 0 Å². The Bertz CT molecular complexity index is 1340. The molecule has 1 saturated heterocycles. The highest BCUT2D eigenvalue weighted by Crippen LogP contribution is 2.46. The summed E-state index contributed by atoms with van der Waals surface area (Å²) in [7, 11) is 0.106. The third kappa shape index (κ3) is 7.45. The van der Waals surface area contributed by atoms with Crippen molar-refractivity contribution in [2.45, 2.75) is 76.4 Å². The molecular formula is C30H39BrN4O5Si. The van der Waals surface area contributed by atoms with Crippen molar-refractivity contribution in [3.63, 3.8) is 0 Å². The molecule has 3 unspecified atom stereocenters. The molecule has 0 bridgehead atoms. The summed E-state index contributed by atoms with van der Waals surface area (Å²) in [6.45, 7) is 8.88. The Balaban J connectivity index is 1.45. The van der Waals surface area contributed by atoms with Crippen LogP contribution < -0.4 is 5.32 Å². The van der Waals surface area contributed by atoms with Crippen LogP contribution in [0.4, 0.5) is 10.5 Å². The number of pyridine rings is 1. The predicted molar refractivity (Wildman–Crippen MR) is 164 cm³/mol. The minimum absolute atomic E-state index is 0.0544. The molecule has 1 amide bonds. The summed E-state index contributed by atoms with van der Waals surface area (Å²) in [6, 6.07) is 10.8. The van der Waals surface area contributed by atoms with Crippen LogP contribution >= 0.6 is 15.9 Å². The molecule has 3 heterocycles. The SMILES string of the molecule is COC(=O)Nc1ccc(-c2cnc(C3CC(OC4CCCCO4)c4cc(Br)cnc43)n2COCC[Si](C)(C)C)cc1. The number of aromatic nitrogens is 3. The quantitative estimate of drug-likeness (QED) is 0.183. The molecule has 0 saturated carbocycles. The fourth-order valence-electron chi connectivity index (χ4n) is 5.29. The Morgan fingerprint density at radius 1 is 1.17 bits per heavy atom. The minimum Gasteiger partial charge on any atom is -0.453 e. The number of fused-ring (bicyclic) bond motifs is 1. The van der Waals surface area contributed by atoms with E-state index in [0.29, 0.717) is 19.0 Å². The maximum Gasteiger partial charge on any atom is 0.411 e. The maximum atomic E-state index is 11.6. The molecule has 2 aromatic heterocycles. The third-order valence-corrected chi connectivity index (χ3v) is 9.66. The number of amides is 1. The predicted octanol–water partition coefficient (Wildman–Crippen LogP) is 7.32. The lowest BCUT2D eigenvalue weighted by atomic mass is 10.1. The van der Waals surface area contributed by atoms with Gasteiger partial charge in [0, 0.05) is 43.2 Å². The lowest BCUT2D eigenvalue weighted by molar-refractivity contribution is -0.189. The van der Waals surface area contributed by atoms with Gasteiger partial charge in [0.05, 0.1) is 36.7 Å². The topological polar surface area (TPSA) is 96.7 Å². The second-order valence-corrected chi connectivity index (χ2v) is 18.3. The van der Waals surface area contributed by atoms with Crippen LogP contribution in [-0.2, 0) is 25.7 Å². The Hall–Kier alpha value is -2.57. The van der Waals surface area contributed by atoms with Crippen molar-refractivity contribution >= 4 is 35.8 Å². The van der Waals surface area contributed by atoms with Crippen LogP contribution in [0, 0.1) is 0 Å². The Kier molecular flexibility index (Phi) is 9.60. The molecule has 41 heavy (non-hydrogen) atoms. The van der Waals surface area contributed by atoms with Crippen LogP contribution in [0.3, 0.4) is 0 Å². The van der Waals surface area contributed by atoms with E-state index in [1.807, 2.05) is 36.7 Å². The number of imidazole rings is 1. The molecule has 1 fully saturated rings. The largest absolute Gasteiger partial charge is 0.453 e. The van der Waals surface area contributed by atoms with E-state index in [0.717, 1.165) is 71.1 Å². The molecule has 3 atom stereocenters. The van der Waals surface area contributed by atoms with Crippen molar-refractivity contribution in [2.24, 2.45) is 0 Å². The smallest absolute Gasteiger partial charge is 0.411 e. The standard InChI is InChI=1S/C30H39BrN4O5Si/c1-37-30(36)34-22-10-8-20(9-11-22)25-18-33-29(35(25)19-38-13-14-41(2,3)4)24-16-26(40-27-7-5-6-12-39-27)23-15-21(31)17-32-28(23)24/h8-11,15,17-18,24,26-27H,5-7,12-14,16,19H2,1-4H3,(H,34,36). The van der Waals surface area contributed by atoms with E-state index in [9.17, 15) is 4.79 Å². The average Bonchev–Trinajstić information content (AvgIpc) is 3.52. The van der Waals surface area contributed by atoms with Gasteiger partial charge in [0.1, 0.15) is 12.6 Å². The number of ether oxygens (including phenoxy) is 4. The highest BCUT2D eigenvalue weighted by Gasteiger charge is 2.38. The molecule has 2 aliphatic rings. The van der Waals surface area contributed by atoms with Crippen molar-refractivity contribution < 1.29 is 23.7 Å². The number of hydrogen-bond acceptors (Lipinski definition) is 7. The van der Waals surface area contributed by atoms with Crippen molar-refractivity contribution in [3.8, 4) is 11.3 Å². The van der Waals surface area contributed by atoms with Gasteiger partial charge in [-0.25, -0.2) is 9.78 Å². The number of rotatable bonds is 10. The molecule has 0 radical (unpaired) electrons. The highest BCUT2D eigenvalue weighted by atomic mass is 79.9. The van der Waals surface area contributed by atoms with Gasteiger partial charge < -0.3 is 23.5 Å². The van der Waals surface area contributed by atoms with Crippen LogP contribution in [0.5, 0.6) is 0 Å². The van der Waals surface area contributed by atoms with Gasteiger partial charge in [0.2, 0.25) is 0 Å². The molecule has 11 heteroatoms. The average molecular weight is 644 g/mol. The summed E-state index contributed by atoms with van der Waals surface area (Å²) >= 11 is 3.61. The molecule has 9 nitrogen and oxygen atoms in total. The van der Waals surface area contributed by atoms with Crippen molar-refractivity contribution in [1.82, 2.24) is 14.5 Å². The van der Waals surface area contributed by atoms with Crippen LogP contribution in [0.1, 0.15) is 54.8 Å². The summed E-state index contributed by atoms with van der Waals surface area (Å²) in [4.78, 5) is 21.4. The molecule has 1 aromatic carbocycles. The van der Waals surface area contributed by atoms with Gasteiger partial charge in [-0.1, -0.05) is 31.8 Å². The summed E-state index contributed by atoms with van der Waals surface area (Å²) < 4.78 is 26.5. The second-order valence-electron chi connectivity index (χ2n) is 11.8. The molecule has 1 aliphatic heterocycles. The van der Waals surface area contributed by atoms with E-state index in [-0.39, 0.29) is 18.3 Å². The fourth-order valence-corrected chi connectivity index (χ4v) is 6.39. The second kappa shape index (κ2) is 13.2. The summed E-state index contributed by atoms with van der Waals surface area (Å²) in [5.74, 6) is 0.845. The minimum atomic E-state index is -1.24. The summed E-state index contributed by atoms with van der Waals surface area (Å²) in [5.41, 5.74) is 4.62. The molecule has 5 rings (SSSR count). The number of benzene rings is 1. The zero-order chi connectivity index (χ0) is 29.0. The normalized spacial score (nSPS) is 20.6. The number of nitrogens with one attached hydrogen (secondary N) is 1. The number of hydrogen-bond donors (Lipinski definition) is 1. The highest BCUT2D eigenvalue weighted by molar-refractivity contribution is 9.10. The van der Waals surface area contributed by atoms with Crippen molar-refractivity contribution in [2.75, 3.05) is 25.6 Å². The zero-order valence-corrected chi connectivity index (χ0v) is 26.8. The molecule has 3 aromatic rings. The zero-order valence-electron chi connectivity index (χ0n) is 24.2. The molecule has 0 spiro atoms. The summed E-state index contributed by atoms with van der Waals surface area (Å²) in [6.07, 6.45) is 6.73. The van der Waals surface area contributed by atoms with Gasteiger partial charge in [-0.3, -0.25) is 10.3 Å². The van der Waals surface area contributed by atoms with E-state index in [2.05, 4.69) is 51.5 Å². The first-order chi connectivity index (χ1) is 19.7. The van der Waals surface area contributed by atoms with Crippen LogP contribution in [-0.4, -0.2) is 55.3 Å². The van der Waals surface area contributed by atoms with Gasteiger partial charge >= 0.3 is 6.09 Å². The number of carbonyl (C=O) groups excluding carboxylic acids is 1. The third-order valence-electron chi connectivity index (χ3n) is 7.52. The van der Waals surface area contributed by atoms with E-state index in [1.165, 1.54) is 7.11 Å². The number of methoxy groups -OCH3 is 1. The first-order valence-corrected chi connectivity index (χ1v) is 18.7. The van der Waals surface area contributed by atoms with Gasteiger partial charge in [0.25, 0.3) is 0 Å². The van der Waals surface area contributed by atoms with E-state index < -0.39 is 14.2 Å². The Labute approximate surface area is 251 Å². The van der Waals surface area contributed by atoms with E-state index in [4.69, 9.17) is 28.9 Å². The maximum absolute atomic E-state index is 11.6. The number of nitrogens with zero attached hydrogens (tertiary/aromatic N) is 3. The first-order valence-electron chi connectivity index (χ1n) is 14.2. The molecular weight excluding hydrogens is 604 g/mol. The Morgan fingerprint density at radius 3 is 2.68 bits per heavy atom. The van der Waals surface area contributed by atoms with Crippen LogP contribution in [0.25, 0.3) is 11.3 Å². The lowest BCUT2D eigenvalue weighted by Crippen LogP contribution is -2.24. The van der Waals surface area contributed by atoms with Crippen molar-refractivity contribution in [3.05, 3.63) is 64.3 Å². The van der Waals surface area contributed by atoms with Crippen LogP contribution in [0.15, 0.2) is 47.2 Å². The van der Waals surface area contributed by atoms with Gasteiger partial charge in [-0.2, -0.15) is 0 Å². The first kappa shape index (κ1) is 29.9. The van der Waals surface area contributed by atoms with Crippen LogP contribution in [0.2, 0.25) is 25.7 Å². The van der Waals surface area contributed by atoms with E-state index in [1.54, 1.807) is 0 Å². The number of anilines is 1. The fraction of sp³-hybridized carbons (Fsp3) is 0.500. The van der Waals surface area contributed by atoms with Gasteiger partial charge in [0.15, 0.2) is 6.29 Å². The molecule has 1 N–H and O–H groups in total. The monoisotopic (exact) mass is 642 g/mol. The lowest BCUT2D eigenvalue weighted by Gasteiger charge is -2.26. The molecule has 220 valence electrons. The number of carbonyl (C=O) groups is 1. The molecule has 1 aliphatic carbocycles. The Morgan fingerprint density at radius 2 is 1.98 bits per heavy atom. The summed E-state index contributed by atoms with van der Waals surface area (Å²) in [5, 5.41) is 2.70. The van der Waals surface area contributed by atoms with Gasteiger partial charge in [-0.15, -0.1) is 0 Å². The van der Waals surface area contributed by atoms with E-state index >= 15 is 0 Å². The number of halogens is 1.